The largest absolute Gasteiger partial charge is 0.372 e. The van der Waals surface area contributed by atoms with Crippen LogP contribution in [0.15, 0.2) is 24.3 Å². The second-order valence-corrected chi connectivity index (χ2v) is 5.90. The topological polar surface area (TPSA) is 61.9 Å². The van der Waals surface area contributed by atoms with E-state index in [-0.39, 0.29) is 24.1 Å². The van der Waals surface area contributed by atoms with Gasteiger partial charge in [0.2, 0.25) is 0 Å². The number of hydrogen-bond donors (Lipinski definition) is 1. The number of hydrogen-bond acceptors (Lipinski definition) is 3. The number of carbonyl (C=O) groups excluding carboxylic acids is 2. The van der Waals surface area contributed by atoms with Gasteiger partial charge >= 0.3 is 6.03 Å². The Morgan fingerprint density at radius 1 is 1.27 bits per heavy atom. The fourth-order valence-corrected chi connectivity index (χ4v) is 3.05. The van der Waals surface area contributed by atoms with Crippen LogP contribution in [0, 0.1) is 0 Å². The normalized spacial score (nSPS) is 25.3. The number of carbonyl (C=O) groups is 2. The van der Waals surface area contributed by atoms with Crippen LogP contribution in [0.1, 0.15) is 24.2 Å². The summed E-state index contributed by atoms with van der Waals surface area (Å²) in [6.45, 7) is 6.40. The number of nitrogens with zero attached hydrogens (tertiary/aromatic N) is 2. The highest BCUT2D eigenvalue weighted by Crippen LogP contribution is 2.20. The van der Waals surface area contributed by atoms with Crippen LogP contribution < -0.4 is 10.2 Å². The van der Waals surface area contributed by atoms with Crippen molar-refractivity contribution in [1.29, 1.82) is 0 Å². The molecule has 0 radical (unpaired) electrons. The molecule has 0 saturated carbocycles. The molecular weight excluding hydrogens is 282 g/mol. The van der Waals surface area contributed by atoms with Crippen LogP contribution in [-0.4, -0.2) is 55.2 Å². The Kier molecular flexibility index (Phi) is 4.02. The van der Waals surface area contributed by atoms with Crippen molar-refractivity contribution in [2.75, 3.05) is 31.1 Å². The third-order valence-electron chi connectivity index (χ3n) is 3.97. The van der Waals surface area contributed by atoms with E-state index in [2.05, 4.69) is 5.32 Å². The smallest absolute Gasteiger partial charge is 0.321 e. The molecule has 0 aromatic heterocycles. The van der Waals surface area contributed by atoms with E-state index in [1.165, 1.54) is 0 Å². The molecule has 1 aromatic rings. The Labute approximate surface area is 130 Å². The minimum Gasteiger partial charge on any atom is -0.372 e. The third-order valence-corrected chi connectivity index (χ3v) is 3.97. The molecule has 3 amide bonds. The van der Waals surface area contributed by atoms with Gasteiger partial charge in [-0.1, -0.05) is 6.07 Å². The quantitative estimate of drug-likeness (QED) is 0.900. The van der Waals surface area contributed by atoms with Crippen LogP contribution in [0.4, 0.5) is 10.5 Å². The van der Waals surface area contributed by atoms with Gasteiger partial charge in [-0.25, -0.2) is 4.79 Å². The van der Waals surface area contributed by atoms with Gasteiger partial charge in [-0.2, -0.15) is 0 Å². The van der Waals surface area contributed by atoms with E-state index in [4.69, 9.17) is 4.74 Å². The van der Waals surface area contributed by atoms with Crippen LogP contribution in [0.2, 0.25) is 0 Å². The highest BCUT2D eigenvalue weighted by molar-refractivity contribution is 5.98. The fraction of sp³-hybridized carbons (Fsp3) is 0.500. The SMILES string of the molecule is CC1CN(C(=O)c2cccc(N3CCNC3=O)c2)CC(C)O1. The number of morpholine rings is 1. The maximum Gasteiger partial charge on any atom is 0.321 e. The average molecular weight is 303 g/mol. The maximum absolute atomic E-state index is 12.7. The van der Waals surface area contributed by atoms with Crippen LogP contribution in [0.3, 0.4) is 0 Å². The summed E-state index contributed by atoms with van der Waals surface area (Å²) in [5.41, 5.74) is 1.37. The predicted octanol–water partition coefficient (Wildman–Crippen LogP) is 1.47. The van der Waals surface area contributed by atoms with Gasteiger partial charge < -0.3 is 15.0 Å². The lowest BCUT2D eigenvalue weighted by Gasteiger charge is -2.35. The molecule has 0 aliphatic carbocycles. The van der Waals surface area contributed by atoms with Crippen molar-refractivity contribution >= 4 is 17.6 Å². The number of amides is 3. The zero-order valence-electron chi connectivity index (χ0n) is 12.9. The van der Waals surface area contributed by atoms with Gasteiger partial charge in [0, 0.05) is 37.4 Å². The van der Waals surface area contributed by atoms with Crippen molar-refractivity contribution in [3.8, 4) is 0 Å². The van der Waals surface area contributed by atoms with Gasteiger partial charge in [0.25, 0.3) is 5.91 Å². The van der Waals surface area contributed by atoms with Gasteiger partial charge in [0.15, 0.2) is 0 Å². The molecular formula is C16H21N3O3. The van der Waals surface area contributed by atoms with Crippen LogP contribution >= 0.6 is 0 Å². The van der Waals surface area contributed by atoms with E-state index in [0.717, 1.165) is 5.69 Å². The van der Waals surface area contributed by atoms with Gasteiger partial charge in [-0.05, 0) is 32.0 Å². The zero-order chi connectivity index (χ0) is 15.7. The molecule has 2 aliphatic heterocycles. The van der Waals surface area contributed by atoms with Crippen LogP contribution in [0.5, 0.6) is 0 Å². The molecule has 2 atom stereocenters. The Morgan fingerprint density at radius 2 is 2.00 bits per heavy atom. The number of anilines is 1. The summed E-state index contributed by atoms with van der Waals surface area (Å²) in [6, 6.07) is 7.15. The molecule has 6 nitrogen and oxygen atoms in total. The monoisotopic (exact) mass is 303 g/mol. The van der Waals surface area contributed by atoms with Crippen molar-refractivity contribution in [3.63, 3.8) is 0 Å². The van der Waals surface area contributed by atoms with Gasteiger partial charge in [0.05, 0.1) is 12.2 Å². The standard InChI is InChI=1S/C16H21N3O3/c1-11-9-18(10-12(2)22-11)15(20)13-4-3-5-14(8-13)19-7-6-17-16(19)21/h3-5,8,11-12H,6-7,9-10H2,1-2H3,(H,17,21). The summed E-state index contributed by atoms with van der Waals surface area (Å²) >= 11 is 0. The van der Waals surface area contributed by atoms with Crippen molar-refractivity contribution in [3.05, 3.63) is 29.8 Å². The minimum absolute atomic E-state index is 0.0107. The average Bonchev–Trinajstić information content (AvgIpc) is 2.92. The van der Waals surface area contributed by atoms with Gasteiger partial charge in [0.1, 0.15) is 0 Å². The number of ether oxygens (including phenoxy) is 1. The lowest BCUT2D eigenvalue weighted by Crippen LogP contribution is -2.48. The summed E-state index contributed by atoms with van der Waals surface area (Å²) in [5, 5.41) is 2.77. The summed E-state index contributed by atoms with van der Waals surface area (Å²) in [7, 11) is 0. The first-order valence-electron chi connectivity index (χ1n) is 7.65. The molecule has 2 unspecified atom stereocenters. The first kappa shape index (κ1) is 14.8. The lowest BCUT2D eigenvalue weighted by molar-refractivity contribution is -0.0586. The summed E-state index contributed by atoms with van der Waals surface area (Å²) in [4.78, 5) is 27.9. The minimum atomic E-state index is -0.113. The maximum atomic E-state index is 12.7. The zero-order valence-corrected chi connectivity index (χ0v) is 12.9. The molecule has 118 valence electrons. The van der Waals surface area contributed by atoms with Crippen LogP contribution in [0.25, 0.3) is 0 Å². The molecule has 0 bridgehead atoms. The van der Waals surface area contributed by atoms with E-state index in [9.17, 15) is 9.59 Å². The molecule has 2 saturated heterocycles. The summed E-state index contributed by atoms with van der Waals surface area (Å²) < 4.78 is 5.67. The third kappa shape index (κ3) is 2.92. The number of benzene rings is 1. The number of rotatable bonds is 2. The number of urea groups is 1. The first-order chi connectivity index (χ1) is 10.5. The lowest BCUT2D eigenvalue weighted by atomic mass is 10.1. The summed E-state index contributed by atoms with van der Waals surface area (Å²) in [5.74, 6) is -0.0107. The van der Waals surface area contributed by atoms with Crippen molar-refractivity contribution in [1.82, 2.24) is 10.2 Å². The first-order valence-corrected chi connectivity index (χ1v) is 7.65. The van der Waals surface area contributed by atoms with Crippen molar-refractivity contribution in [2.45, 2.75) is 26.1 Å². The van der Waals surface area contributed by atoms with E-state index in [1.807, 2.05) is 30.9 Å². The van der Waals surface area contributed by atoms with E-state index >= 15 is 0 Å². The Balaban J connectivity index is 1.79. The Morgan fingerprint density at radius 3 is 2.64 bits per heavy atom. The fourth-order valence-electron chi connectivity index (χ4n) is 3.05. The molecule has 1 aromatic carbocycles. The number of nitrogens with one attached hydrogen (secondary N) is 1. The van der Waals surface area contributed by atoms with E-state index in [1.54, 1.807) is 17.0 Å². The van der Waals surface area contributed by atoms with E-state index < -0.39 is 0 Å². The highest BCUT2D eigenvalue weighted by atomic mass is 16.5. The molecule has 2 aliphatic rings. The van der Waals surface area contributed by atoms with Gasteiger partial charge in [-0.3, -0.25) is 9.69 Å². The Hall–Kier alpha value is -2.08. The van der Waals surface area contributed by atoms with Gasteiger partial charge in [-0.15, -0.1) is 0 Å². The van der Waals surface area contributed by atoms with Crippen molar-refractivity contribution < 1.29 is 14.3 Å². The molecule has 22 heavy (non-hydrogen) atoms. The molecule has 1 N–H and O–H groups in total. The second kappa shape index (κ2) is 5.96. The summed E-state index contributed by atoms with van der Waals surface area (Å²) in [6.07, 6.45) is 0.0838. The van der Waals surface area contributed by atoms with Crippen LogP contribution in [-0.2, 0) is 4.74 Å². The Bertz CT molecular complexity index is 580. The molecule has 3 rings (SSSR count). The molecule has 2 heterocycles. The molecule has 2 fully saturated rings. The molecule has 6 heteroatoms. The highest BCUT2D eigenvalue weighted by Gasteiger charge is 2.27. The van der Waals surface area contributed by atoms with Crippen molar-refractivity contribution in [2.24, 2.45) is 0 Å². The second-order valence-electron chi connectivity index (χ2n) is 5.90. The van der Waals surface area contributed by atoms with E-state index in [0.29, 0.717) is 31.7 Å². The molecule has 0 spiro atoms. The predicted molar refractivity (Wildman–Crippen MR) is 83.1 cm³/mol.